The van der Waals surface area contributed by atoms with Crippen LogP contribution >= 0.6 is 11.3 Å². The Hall–Kier alpha value is -0.710. The minimum atomic E-state index is 0.233. The van der Waals surface area contributed by atoms with Crippen molar-refractivity contribution >= 4 is 17.1 Å². The van der Waals surface area contributed by atoms with Gasteiger partial charge in [-0.1, -0.05) is 0 Å². The number of carbonyl (C=O) groups excluding carboxylic acids is 1. The molecule has 94 valence electrons. The fraction of sp³-hybridized carbons (Fsp3) is 0.615. The van der Waals surface area contributed by atoms with Gasteiger partial charge in [0.2, 0.25) is 0 Å². The molecule has 0 aliphatic carbocycles. The third-order valence-electron chi connectivity index (χ3n) is 3.22. The highest BCUT2D eigenvalue weighted by atomic mass is 32.1. The molecule has 0 unspecified atom stereocenters. The molecular weight excluding hydrogens is 234 g/mol. The molecule has 1 fully saturated rings. The zero-order chi connectivity index (χ0) is 12.3. The fourth-order valence-electron chi connectivity index (χ4n) is 2.14. The van der Waals surface area contributed by atoms with Crippen molar-refractivity contribution in [2.75, 3.05) is 26.8 Å². The molecule has 0 saturated carbocycles. The van der Waals surface area contributed by atoms with Gasteiger partial charge < -0.3 is 4.74 Å². The summed E-state index contributed by atoms with van der Waals surface area (Å²) < 4.78 is 5.33. The summed E-state index contributed by atoms with van der Waals surface area (Å²) in [4.78, 5) is 16.3. The zero-order valence-electron chi connectivity index (χ0n) is 10.4. The van der Waals surface area contributed by atoms with Crippen molar-refractivity contribution in [2.45, 2.75) is 25.8 Å². The number of carbonyl (C=O) groups is 1. The van der Waals surface area contributed by atoms with E-state index in [1.165, 1.54) is 4.88 Å². The lowest BCUT2D eigenvalue weighted by atomic mass is 10.1. The Balaban J connectivity index is 1.89. The van der Waals surface area contributed by atoms with Crippen LogP contribution in [0.5, 0.6) is 0 Å². The summed E-state index contributed by atoms with van der Waals surface area (Å²) in [5, 5.41) is 0. The molecule has 1 aliphatic rings. The smallest absolute Gasteiger partial charge is 0.186 e. The van der Waals surface area contributed by atoms with Crippen molar-refractivity contribution in [2.24, 2.45) is 0 Å². The summed E-state index contributed by atoms with van der Waals surface area (Å²) in [6.07, 6.45) is 2.07. The van der Waals surface area contributed by atoms with Crippen molar-refractivity contribution in [3.8, 4) is 0 Å². The monoisotopic (exact) mass is 253 g/mol. The molecule has 0 bridgehead atoms. The van der Waals surface area contributed by atoms with Gasteiger partial charge in [-0.2, -0.15) is 0 Å². The maximum atomic E-state index is 12.0. The van der Waals surface area contributed by atoms with Crippen LogP contribution in [0.1, 0.15) is 27.4 Å². The number of ketones is 1. The van der Waals surface area contributed by atoms with Gasteiger partial charge in [0.15, 0.2) is 5.78 Å². The van der Waals surface area contributed by atoms with E-state index >= 15 is 0 Å². The van der Waals surface area contributed by atoms with Crippen molar-refractivity contribution < 1.29 is 9.53 Å². The summed E-state index contributed by atoms with van der Waals surface area (Å²) in [6, 6.07) is 4.43. The van der Waals surface area contributed by atoms with E-state index in [2.05, 4.69) is 4.90 Å². The standard InChI is InChI=1S/C13H19NO2S/c1-10-3-4-13(17-10)12(15)9-14(2)11-5-7-16-8-6-11/h3-4,11H,5-9H2,1-2H3. The van der Waals surface area contributed by atoms with E-state index in [0.29, 0.717) is 12.6 Å². The maximum Gasteiger partial charge on any atom is 0.186 e. The van der Waals surface area contributed by atoms with Crippen LogP contribution in [0.15, 0.2) is 12.1 Å². The molecule has 2 heterocycles. The lowest BCUT2D eigenvalue weighted by molar-refractivity contribution is 0.0419. The minimum Gasteiger partial charge on any atom is -0.381 e. The van der Waals surface area contributed by atoms with Crippen LogP contribution in [0.2, 0.25) is 0 Å². The lowest BCUT2D eigenvalue weighted by Crippen LogP contribution is -2.39. The molecule has 0 atom stereocenters. The van der Waals surface area contributed by atoms with Crippen LogP contribution < -0.4 is 0 Å². The molecule has 1 aromatic heterocycles. The second kappa shape index (κ2) is 5.76. The Morgan fingerprint density at radius 1 is 1.47 bits per heavy atom. The predicted molar refractivity (Wildman–Crippen MR) is 69.9 cm³/mol. The number of hydrogen-bond acceptors (Lipinski definition) is 4. The maximum absolute atomic E-state index is 12.0. The fourth-order valence-corrected chi connectivity index (χ4v) is 2.94. The first-order valence-electron chi connectivity index (χ1n) is 6.04. The predicted octanol–water partition coefficient (Wildman–Crippen LogP) is 2.35. The molecule has 4 heteroatoms. The first-order chi connectivity index (χ1) is 8.16. The van der Waals surface area contributed by atoms with Gasteiger partial charge in [-0.25, -0.2) is 0 Å². The highest BCUT2D eigenvalue weighted by molar-refractivity contribution is 7.14. The summed E-state index contributed by atoms with van der Waals surface area (Å²) in [5.74, 6) is 0.233. The Kier molecular flexibility index (Phi) is 4.31. The van der Waals surface area contributed by atoms with E-state index in [9.17, 15) is 4.79 Å². The molecule has 1 saturated heterocycles. The summed E-state index contributed by atoms with van der Waals surface area (Å²) in [7, 11) is 2.04. The number of aryl methyl sites for hydroxylation is 1. The van der Waals surface area contributed by atoms with E-state index in [-0.39, 0.29) is 5.78 Å². The molecule has 2 rings (SSSR count). The van der Waals surface area contributed by atoms with Gasteiger partial charge in [0, 0.05) is 24.1 Å². The average molecular weight is 253 g/mol. The molecule has 0 aromatic carbocycles. The number of ether oxygens (including phenoxy) is 1. The van der Waals surface area contributed by atoms with E-state index < -0.39 is 0 Å². The van der Waals surface area contributed by atoms with Gasteiger partial charge in [0.1, 0.15) is 0 Å². The van der Waals surface area contributed by atoms with Crippen LogP contribution in [0, 0.1) is 6.92 Å². The Labute approximate surface area is 106 Å². The first kappa shape index (κ1) is 12.7. The van der Waals surface area contributed by atoms with Crippen molar-refractivity contribution in [3.63, 3.8) is 0 Å². The number of Topliss-reactive ketones (excluding diaryl/α,β-unsaturated/α-hetero) is 1. The largest absolute Gasteiger partial charge is 0.381 e. The Morgan fingerprint density at radius 2 is 2.18 bits per heavy atom. The third-order valence-corrected chi connectivity index (χ3v) is 4.26. The molecular formula is C13H19NO2S. The van der Waals surface area contributed by atoms with Crippen LogP contribution in [0.4, 0.5) is 0 Å². The van der Waals surface area contributed by atoms with Gasteiger partial charge in [-0.15, -0.1) is 11.3 Å². The zero-order valence-corrected chi connectivity index (χ0v) is 11.3. The van der Waals surface area contributed by atoms with E-state index in [4.69, 9.17) is 4.74 Å². The van der Waals surface area contributed by atoms with Crippen LogP contribution in [-0.4, -0.2) is 43.5 Å². The van der Waals surface area contributed by atoms with Crippen LogP contribution in [0.3, 0.4) is 0 Å². The van der Waals surface area contributed by atoms with E-state index in [1.54, 1.807) is 11.3 Å². The first-order valence-corrected chi connectivity index (χ1v) is 6.86. The average Bonchev–Trinajstić information content (AvgIpc) is 2.77. The molecule has 0 N–H and O–H groups in total. The molecule has 0 amide bonds. The van der Waals surface area contributed by atoms with Crippen molar-refractivity contribution in [3.05, 3.63) is 21.9 Å². The summed E-state index contributed by atoms with van der Waals surface area (Å²) in [5.41, 5.74) is 0. The van der Waals surface area contributed by atoms with Gasteiger partial charge in [-0.05, 0) is 38.9 Å². The number of rotatable bonds is 4. The van der Waals surface area contributed by atoms with E-state index in [1.807, 2.05) is 26.1 Å². The Bertz CT molecular complexity index is 383. The van der Waals surface area contributed by atoms with Gasteiger partial charge in [0.05, 0.1) is 11.4 Å². The Morgan fingerprint density at radius 3 is 2.76 bits per heavy atom. The van der Waals surface area contributed by atoms with Gasteiger partial charge >= 0.3 is 0 Å². The number of thiophene rings is 1. The quantitative estimate of drug-likeness (QED) is 0.771. The van der Waals surface area contributed by atoms with E-state index in [0.717, 1.165) is 30.9 Å². The number of nitrogens with zero attached hydrogens (tertiary/aromatic N) is 1. The van der Waals surface area contributed by atoms with Gasteiger partial charge in [0.25, 0.3) is 0 Å². The molecule has 0 spiro atoms. The van der Waals surface area contributed by atoms with Crippen LogP contribution in [-0.2, 0) is 4.74 Å². The van der Waals surface area contributed by atoms with Crippen molar-refractivity contribution in [1.29, 1.82) is 0 Å². The highest BCUT2D eigenvalue weighted by Crippen LogP contribution is 2.18. The molecule has 1 aliphatic heterocycles. The topological polar surface area (TPSA) is 29.5 Å². The summed E-state index contributed by atoms with van der Waals surface area (Å²) in [6.45, 7) is 4.19. The minimum absolute atomic E-state index is 0.233. The second-order valence-corrected chi connectivity index (χ2v) is 5.88. The number of likely N-dealkylation sites (N-methyl/N-ethyl adjacent to an activating group) is 1. The molecule has 1 aromatic rings. The molecule has 3 nitrogen and oxygen atoms in total. The highest BCUT2D eigenvalue weighted by Gasteiger charge is 2.21. The normalized spacial score (nSPS) is 17.6. The molecule has 17 heavy (non-hydrogen) atoms. The number of hydrogen-bond donors (Lipinski definition) is 0. The van der Waals surface area contributed by atoms with Gasteiger partial charge in [-0.3, -0.25) is 9.69 Å². The second-order valence-electron chi connectivity index (χ2n) is 4.59. The SMILES string of the molecule is Cc1ccc(C(=O)CN(C)C2CCOCC2)s1. The summed E-state index contributed by atoms with van der Waals surface area (Å²) >= 11 is 1.58. The lowest BCUT2D eigenvalue weighted by Gasteiger charge is -2.30. The third kappa shape index (κ3) is 3.37. The van der Waals surface area contributed by atoms with Crippen molar-refractivity contribution in [1.82, 2.24) is 4.90 Å². The molecule has 0 radical (unpaired) electrons. The van der Waals surface area contributed by atoms with Crippen LogP contribution in [0.25, 0.3) is 0 Å².